The Morgan fingerprint density at radius 1 is 0.808 bits per heavy atom. The van der Waals surface area contributed by atoms with Crippen LogP contribution in [0.2, 0.25) is 0 Å². The zero-order valence-corrected chi connectivity index (χ0v) is 17.1. The van der Waals surface area contributed by atoms with Gasteiger partial charge in [0, 0.05) is 26.3 Å². The summed E-state index contributed by atoms with van der Waals surface area (Å²) in [5, 5.41) is 2.38. The number of hydrogen-bond donors (Lipinski definition) is 0. The summed E-state index contributed by atoms with van der Waals surface area (Å²) in [4.78, 5) is 4.67. The summed E-state index contributed by atoms with van der Waals surface area (Å²) in [6.45, 7) is 4.60. The molecule has 129 valence electrons. The molecule has 1 aliphatic carbocycles. The third-order valence-corrected chi connectivity index (χ3v) is 5.42. The number of rotatable bonds is 1. The molecule has 1 aliphatic rings. The second-order valence-electron chi connectivity index (χ2n) is 7.26. The molecule has 0 atom stereocenters. The summed E-state index contributed by atoms with van der Waals surface area (Å²) >= 11 is 0. The van der Waals surface area contributed by atoms with Gasteiger partial charge in [-0.3, -0.25) is 0 Å². The molecule has 0 unspecified atom stereocenters. The van der Waals surface area contributed by atoms with Crippen LogP contribution >= 0.6 is 0 Å². The molecule has 0 spiro atoms. The van der Waals surface area contributed by atoms with Crippen LogP contribution in [0.1, 0.15) is 25.0 Å². The summed E-state index contributed by atoms with van der Waals surface area (Å²) < 4.78 is 0. The van der Waals surface area contributed by atoms with Gasteiger partial charge in [0.05, 0.1) is 0 Å². The van der Waals surface area contributed by atoms with Crippen molar-refractivity contribution in [2.45, 2.75) is 19.3 Å². The van der Waals surface area contributed by atoms with Crippen LogP contribution in [0, 0.1) is 6.07 Å². The van der Waals surface area contributed by atoms with E-state index in [0.29, 0.717) is 0 Å². The zero-order chi connectivity index (χ0) is 17.0. The average molecular weight is 513 g/mol. The van der Waals surface area contributed by atoms with E-state index in [0.717, 1.165) is 11.3 Å². The molecule has 0 fully saturated rings. The van der Waals surface area contributed by atoms with Gasteiger partial charge in [-0.2, -0.15) is 0 Å². The summed E-state index contributed by atoms with van der Waals surface area (Å²) in [5.74, 6) is 0. The third kappa shape index (κ3) is 2.45. The second kappa shape index (κ2) is 6.16. The van der Waals surface area contributed by atoms with Gasteiger partial charge >= 0.3 is 0 Å². The van der Waals surface area contributed by atoms with E-state index in [2.05, 4.69) is 85.6 Å². The van der Waals surface area contributed by atoms with Gasteiger partial charge in [-0.25, -0.2) is 0 Å². The Labute approximate surface area is 167 Å². The minimum Gasteiger partial charge on any atom is -0.304 e. The van der Waals surface area contributed by atoms with Crippen LogP contribution in [0.15, 0.2) is 72.9 Å². The molecule has 0 saturated heterocycles. The molecule has 0 bridgehead atoms. The van der Waals surface area contributed by atoms with Crippen LogP contribution < -0.4 is 0 Å². The molecule has 0 aliphatic heterocycles. The van der Waals surface area contributed by atoms with E-state index in [1.165, 1.54) is 33.0 Å². The SMILES string of the molecule is CC1(C)c2ccccc2-c2c[c-]c(-c3cc4ccccc4cn3)cc21.[Ir]. The van der Waals surface area contributed by atoms with Crippen molar-refractivity contribution in [3.63, 3.8) is 0 Å². The summed E-state index contributed by atoms with van der Waals surface area (Å²) in [6, 6.07) is 27.1. The maximum atomic E-state index is 4.67. The Morgan fingerprint density at radius 3 is 2.38 bits per heavy atom. The predicted octanol–water partition coefficient (Wildman–Crippen LogP) is 6.01. The first-order valence-corrected chi connectivity index (χ1v) is 8.66. The quantitative estimate of drug-likeness (QED) is 0.285. The minimum atomic E-state index is 0. The van der Waals surface area contributed by atoms with Crippen molar-refractivity contribution < 1.29 is 20.1 Å². The summed E-state index contributed by atoms with van der Waals surface area (Å²) in [6.07, 6.45) is 1.95. The van der Waals surface area contributed by atoms with E-state index in [9.17, 15) is 0 Å². The van der Waals surface area contributed by atoms with Crippen LogP contribution in [-0.4, -0.2) is 4.98 Å². The molecule has 26 heavy (non-hydrogen) atoms. The molecule has 3 aromatic carbocycles. The van der Waals surface area contributed by atoms with Crippen molar-refractivity contribution in [2.24, 2.45) is 0 Å². The maximum Gasteiger partial charge on any atom is 0.0239 e. The van der Waals surface area contributed by atoms with Gasteiger partial charge in [0.2, 0.25) is 0 Å². The van der Waals surface area contributed by atoms with E-state index in [1.54, 1.807) is 0 Å². The molecule has 5 rings (SSSR count). The van der Waals surface area contributed by atoms with E-state index >= 15 is 0 Å². The molecular weight excluding hydrogens is 494 g/mol. The van der Waals surface area contributed by atoms with Gasteiger partial charge in [-0.1, -0.05) is 79.6 Å². The Kier molecular flexibility index (Phi) is 4.06. The molecule has 1 aromatic heterocycles. The Balaban J connectivity index is 0.00000168. The largest absolute Gasteiger partial charge is 0.304 e. The normalized spacial score (nSPS) is 13.8. The van der Waals surface area contributed by atoms with Crippen LogP contribution in [0.3, 0.4) is 0 Å². The minimum absolute atomic E-state index is 0. The molecule has 4 aromatic rings. The smallest absolute Gasteiger partial charge is 0.0239 e. The Hall–Kier alpha value is -2.28. The third-order valence-electron chi connectivity index (χ3n) is 5.42. The summed E-state index contributed by atoms with van der Waals surface area (Å²) in [7, 11) is 0. The molecule has 0 amide bonds. The number of aromatic nitrogens is 1. The molecule has 1 nitrogen and oxygen atoms in total. The molecule has 2 heteroatoms. The molecule has 0 N–H and O–H groups in total. The predicted molar refractivity (Wildman–Crippen MR) is 104 cm³/mol. The standard InChI is InChI=1S/C24H18N.Ir/c1-24(2)21-10-6-5-9-19(21)20-12-11-17(13-22(20)24)23-14-16-7-3-4-8-18(16)15-25-23;/h3-10,12-15H,1-2H3;/q-1;. The number of hydrogen-bond acceptors (Lipinski definition) is 1. The first-order valence-electron chi connectivity index (χ1n) is 8.66. The van der Waals surface area contributed by atoms with Gasteiger partial charge in [0.25, 0.3) is 0 Å². The van der Waals surface area contributed by atoms with Gasteiger partial charge in [-0.05, 0) is 27.4 Å². The molecule has 1 radical (unpaired) electrons. The van der Waals surface area contributed by atoms with Crippen molar-refractivity contribution >= 4 is 10.8 Å². The fourth-order valence-electron chi connectivity index (χ4n) is 4.02. The van der Waals surface area contributed by atoms with Gasteiger partial charge in [-0.15, -0.1) is 29.3 Å². The zero-order valence-electron chi connectivity index (χ0n) is 14.7. The molecule has 0 saturated carbocycles. The topological polar surface area (TPSA) is 12.9 Å². The van der Waals surface area contributed by atoms with Crippen molar-refractivity contribution in [1.82, 2.24) is 4.98 Å². The van der Waals surface area contributed by atoms with Crippen molar-refractivity contribution in [3.05, 3.63) is 90.1 Å². The van der Waals surface area contributed by atoms with Gasteiger partial charge < -0.3 is 4.98 Å². The number of benzene rings is 3. The van der Waals surface area contributed by atoms with Crippen LogP contribution in [0.25, 0.3) is 33.2 Å². The number of pyridine rings is 1. The van der Waals surface area contributed by atoms with Crippen LogP contribution in [-0.2, 0) is 25.5 Å². The van der Waals surface area contributed by atoms with E-state index in [4.69, 9.17) is 0 Å². The number of fused-ring (bicyclic) bond motifs is 4. The monoisotopic (exact) mass is 513 g/mol. The van der Waals surface area contributed by atoms with Crippen molar-refractivity contribution in [1.29, 1.82) is 0 Å². The summed E-state index contributed by atoms with van der Waals surface area (Å²) in [5.41, 5.74) is 7.42. The van der Waals surface area contributed by atoms with Crippen molar-refractivity contribution in [3.8, 4) is 22.4 Å². The first kappa shape index (κ1) is 17.1. The maximum absolute atomic E-state index is 4.67. The molecule has 1 heterocycles. The Bertz CT molecular complexity index is 1130. The van der Waals surface area contributed by atoms with Gasteiger partial charge in [0.15, 0.2) is 0 Å². The van der Waals surface area contributed by atoms with E-state index in [1.807, 2.05) is 12.3 Å². The van der Waals surface area contributed by atoms with E-state index < -0.39 is 0 Å². The first-order chi connectivity index (χ1) is 12.1. The van der Waals surface area contributed by atoms with Crippen LogP contribution in [0.5, 0.6) is 0 Å². The van der Waals surface area contributed by atoms with Gasteiger partial charge in [0.1, 0.15) is 0 Å². The molecular formula is C24H18IrN-. The van der Waals surface area contributed by atoms with E-state index in [-0.39, 0.29) is 25.5 Å². The number of nitrogens with zero attached hydrogens (tertiary/aromatic N) is 1. The van der Waals surface area contributed by atoms with Crippen molar-refractivity contribution in [2.75, 3.05) is 0 Å². The average Bonchev–Trinajstić information content (AvgIpc) is 2.89. The fraction of sp³-hybridized carbons (Fsp3) is 0.125. The fourth-order valence-corrected chi connectivity index (χ4v) is 4.02. The van der Waals surface area contributed by atoms with Crippen LogP contribution in [0.4, 0.5) is 0 Å². The second-order valence-corrected chi connectivity index (χ2v) is 7.26. The Morgan fingerprint density at radius 2 is 1.54 bits per heavy atom.